The normalized spacial score (nSPS) is 15.0. The number of nitrogens with zero attached hydrogens (tertiary/aromatic N) is 1. The molecule has 1 N–H and O–H groups in total. The van der Waals surface area contributed by atoms with Crippen LogP contribution in [0.2, 0.25) is 0 Å². The fourth-order valence-electron chi connectivity index (χ4n) is 2.24. The van der Waals surface area contributed by atoms with Crippen molar-refractivity contribution in [1.29, 1.82) is 0 Å². The van der Waals surface area contributed by atoms with Crippen molar-refractivity contribution in [3.05, 3.63) is 36.0 Å². The quantitative estimate of drug-likeness (QED) is 0.886. The van der Waals surface area contributed by atoms with Crippen LogP contribution in [0.4, 0.5) is 13.2 Å². The van der Waals surface area contributed by atoms with E-state index in [1.54, 1.807) is 12.1 Å². The second-order valence-corrected chi connectivity index (χ2v) is 4.60. The van der Waals surface area contributed by atoms with Crippen LogP contribution >= 0.6 is 0 Å². The molecule has 1 aromatic carbocycles. The van der Waals surface area contributed by atoms with E-state index in [0.29, 0.717) is 5.52 Å². The highest BCUT2D eigenvalue weighted by atomic mass is 19.4. The summed E-state index contributed by atoms with van der Waals surface area (Å²) in [5.74, 6) is -1.73. The SMILES string of the molecule is CCOC(=O)[C@@](O)(c1cn(C)c2ccccc12)C(F)(F)F. The molecule has 21 heavy (non-hydrogen) atoms. The Morgan fingerprint density at radius 1 is 1.33 bits per heavy atom. The molecule has 2 aromatic rings. The number of benzene rings is 1. The number of hydrogen-bond acceptors (Lipinski definition) is 3. The Kier molecular flexibility index (Phi) is 3.71. The van der Waals surface area contributed by atoms with Crippen LogP contribution in [0.5, 0.6) is 0 Å². The van der Waals surface area contributed by atoms with Crippen molar-refractivity contribution < 1.29 is 27.8 Å². The lowest BCUT2D eigenvalue weighted by atomic mass is 9.92. The third-order valence-corrected chi connectivity index (χ3v) is 3.27. The van der Waals surface area contributed by atoms with Gasteiger partial charge in [0.25, 0.3) is 5.60 Å². The summed E-state index contributed by atoms with van der Waals surface area (Å²) in [4.78, 5) is 11.8. The van der Waals surface area contributed by atoms with Crippen LogP contribution in [-0.2, 0) is 22.2 Å². The Morgan fingerprint density at radius 3 is 2.52 bits per heavy atom. The number of carbonyl (C=O) groups is 1. The van der Waals surface area contributed by atoms with E-state index in [2.05, 4.69) is 4.74 Å². The molecule has 7 heteroatoms. The van der Waals surface area contributed by atoms with E-state index in [9.17, 15) is 23.1 Å². The summed E-state index contributed by atoms with van der Waals surface area (Å²) >= 11 is 0. The zero-order valence-electron chi connectivity index (χ0n) is 11.4. The number of alkyl halides is 3. The van der Waals surface area contributed by atoms with Crippen molar-refractivity contribution in [3.8, 4) is 0 Å². The lowest BCUT2D eigenvalue weighted by molar-refractivity contribution is -0.267. The van der Waals surface area contributed by atoms with Crippen molar-refractivity contribution in [2.45, 2.75) is 18.7 Å². The van der Waals surface area contributed by atoms with Gasteiger partial charge in [-0.2, -0.15) is 13.2 Å². The summed E-state index contributed by atoms with van der Waals surface area (Å²) in [5.41, 5.74) is -3.75. The average molecular weight is 301 g/mol. The van der Waals surface area contributed by atoms with Gasteiger partial charge in [0, 0.05) is 29.7 Å². The topological polar surface area (TPSA) is 51.5 Å². The second kappa shape index (κ2) is 5.07. The number of ether oxygens (including phenoxy) is 1. The molecule has 0 saturated heterocycles. The van der Waals surface area contributed by atoms with Crippen LogP contribution in [0.1, 0.15) is 12.5 Å². The largest absolute Gasteiger partial charge is 0.463 e. The summed E-state index contributed by atoms with van der Waals surface area (Å²) in [6.07, 6.45) is -4.10. The Labute approximate surface area is 118 Å². The van der Waals surface area contributed by atoms with Crippen LogP contribution < -0.4 is 0 Å². The highest BCUT2D eigenvalue weighted by molar-refractivity contribution is 5.92. The Balaban J connectivity index is 2.74. The maximum Gasteiger partial charge on any atom is 0.432 e. The van der Waals surface area contributed by atoms with Crippen LogP contribution in [0, 0.1) is 0 Å². The number of esters is 1. The highest BCUT2D eigenvalue weighted by Gasteiger charge is 2.63. The molecule has 0 aliphatic carbocycles. The summed E-state index contributed by atoms with van der Waals surface area (Å²) in [5, 5.41) is 10.3. The molecular formula is C14H14F3NO3. The van der Waals surface area contributed by atoms with E-state index in [1.807, 2.05) is 0 Å². The van der Waals surface area contributed by atoms with E-state index in [1.165, 1.54) is 30.7 Å². The molecule has 0 aliphatic rings. The second-order valence-electron chi connectivity index (χ2n) is 4.60. The monoisotopic (exact) mass is 301 g/mol. The molecule has 1 atom stereocenters. The number of aromatic nitrogens is 1. The first-order valence-electron chi connectivity index (χ1n) is 6.24. The Bertz CT molecular complexity index is 678. The maximum absolute atomic E-state index is 13.3. The maximum atomic E-state index is 13.3. The summed E-state index contributed by atoms with van der Waals surface area (Å²) in [6, 6.07) is 6.21. The molecule has 114 valence electrons. The van der Waals surface area contributed by atoms with Gasteiger partial charge in [-0.1, -0.05) is 18.2 Å². The number of aliphatic hydroxyl groups is 1. The summed E-state index contributed by atoms with van der Waals surface area (Å²) < 4.78 is 45.9. The van der Waals surface area contributed by atoms with Crippen molar-refractivity contribution >= 4 is 16.9 Å². The first-order valence-corrected chi connectivity index (χ1v) is 6.24. The molecule has 1 aromatic heterocycles. The zero-order valence-corrected chi connectivity index (χ0v) is 11.4. The molecule has 0 radical (unpaired) electrons. The number of hydrogen-bond donors (Lipinski definition) is 1. The van der Waals surface area contributed by atoms with Gasteiger partial charge in [-0.3, -0.25) is 0 Å². The minimum atomic E-state index is -5.19. The Hall–Kier alpha value is -2.02. The van der Waals surface area contributed by atoms with Crippen LogP contribution in [0.25, 0.3) is 10.9 Å². The Morgan fingerprint density at radius 2 is 1.95 bits per heavy atom. The minimum Gasteiger partial charge on any atom is -0.463 e. The van der Waals surface area contributed by atoms with E-state index in [-0.39, 0.29) is 12.0 Å². The number of aryl methyl sites for hydroxylation is 1. The molecule has 0 aliphatic heterocycles. The van der Waals surface area contributed by atoms with Crippen molar-refractivity contribution in [2.75, 3.05) is 6.61 Å². The van der Waals surface area contributed by atoms with Crippen molar-refractivity contribution in [2.24, 2.45) is 7.05 Å². The van der Waals surface area contributed by atoms with Crippen LogP contribution in [0.15, 0.2) is 30.5 Å². The molecule has 0 saturated carbocycles. The van der Waals surface area contributed by atoms with Gasteiger partial charge in [-0.25, -0.2) is 4.79 Å². The van der Waals surface area contributed by atoms with Crippen molar-refractivity contribution in [1.82, 2.24) is 4.57 Å². The first kappa shape index (κ1) is 15.4. The molecule has 0 fully saturated rings. The van der Waals surface area contributed by atoms with Gasteiger partial charge < -0.3 is 14.4 Å². The number of para-hydroxylation sites is 1. The highest BCUT2D eigenvalue weighted by Crippen LogP contribution is 2.43. The predicted octanol–water partition coefficient (Wildman–Crippen LogP) is 2.49. The zero-order chi connectivity index (χ0) is 15.8. The predicted molar refractivity (Wildman–Crippen MR) is 69.5 cm³/mol. The summed E-state index contributed by atoms with van der Waals surface area (Å²) in [7, 11) is 1.54. The van der Waals surface area contributed by atoms with E-state index < -0.39 is 23.3 Å². The fourth-order valence-corrected chi connectivity index (χ4v) is 2.24. The minimum absolute atomic E-state index is 0.146. The van der Waals surface area contributed by atoms with Gasteiger partial charge in [0.1, 0.15) is 0 Å². The van der Waals surface area contributed by atoms with Gasteiger partial charge in [0.05, 0.1) is 6.61 Å². The van der Waals surface area contributed by atoms with Crippen LogP contribution in [-0.4, -0.2) is 28.4 Å². The molecule has 2 rings (SSSR count). The number of rotatable bonds is 3. The summed E-state index contributed by atoms with van der Waals surface area (Å²) in [6.45, 7) is 1.11. The fraction of sp³-hybridized carbons (Fsp3) is 0.357. The lowest BCUT2D eigenvalue weighted by Gasteiger charge is -2.27. The number of carbonyl (C=O) groups excluding carboxylic acids is 1. The van der Waals surface area contributed by atoms with E-state index in [4.69, 9.17) is 0 Å². The first-order chi connectivity index (χ1) is 9.73. The average Bonchev–Trinajstić information content (AvgIpc) is 2.75. The van der Waals surface area contributed by atoms with Gasteiger partial charge in [-0.05, 0) is 13.0 Å². The van der Waals surface area contributed by atoms with Gasteiger partial charge >= 0.3 is 12.1 Å². The number of fused-ring (bicyclic) bond motifs is 1. The molecule has 0 spiro atoms. The molecular weight excluding hydrogens is 287 g/mol. The lowest BCUT2D eigenvalue weighted by Crippen LogP contribution is -2.50. The smallest absolute Gasteiger partial charge is 0.432 e. The van der Waals surface area contributed by atoms with Gasteiger partial charge in [-0.15, -0.1) is 0 Å². The van der Waals surface area contributed by atoms with Gasteiger partial charge in [0.2, 0.25) is 0 Å². The third kappa shape index (κ3) is 2.27. The third-order valence-electron chi connectivity index (χ3n) is 3.27. The molecule has 0 amide bonds. The molecule has 4 nitrogen and oxygen atoms in total. The molecule has 0 bridgehead atoms. The number of halogens is 3. The van der Waals surface area contributed by atoms with Crippen LogP contribution in [0.3, 0.4) is 0 Å². The standard InChI is InChI=1S/C14H14F3NO3/c1-3-21-12(19)13(20,14(15,16)17)10-8-18(2)11-7-5-4-6-9(10)11/h4-8,20H,3H2,1-2H3/t13-/m0/s1. The van der Waals surface area contributed by atoms with E-state index in [0.717, 1.165) is 6.20 Å². The molecule has 1 heterocycles. The van der Waals surface area contributed by atoms with Crippen molar-refractivity contribution in [3.63, 3.8) is 0 Å². The van der Waals surface area contributed by atoms with Gasteiger partial charge in [0.15, 0.2) is 0 Å². The van der Waals surface area contributed by atoms with E-state index >= 15 is 0 Å². The molecule has 0 unspecified atom stereocenters.